The number of aliphatic carboxylic acids is 5. The van der Waals surface area contributed by atoms with Crippen molar-refractivity contribution in [2.24, 2.45) is 124 Å². The van der Waals surface area contributed by atoms with Gasteiger partial charge in [-0.2, -0.15) is 0 Å². The molecule has 1 spiro atoms. The Morgan fingerprint density at radius 1 is 0.351 bits per heavy atom. The van der Waals surface area contributed by atoms with Gasteiger partial charge in [0, 0.05) is 81.4 Å². The average Bonchev–Trinajstić information content (AvgIpc) is 1.51. The number of carbonyl (C=O) groups excluding carboxylic acids is 5. The topological polar surface area (TPSA) is 345 Å². The van der Waals surface area contributed by atoms with Crippen molar-refractivity contribution in [3.8, 4) is 0 Å². The first-order valence-corrected chi connectivity index (χ1v) is 41.6. The fourth-order valence-electron chi connectivity index (χ4n) is 20.2. The van der Waals surface area contributed by atoms with Crippen LogP contribution in [0.1, 0.15) is 86.6 Å². The van der Waals surface area contributed by atoms with E-state index in [1.165, 1.54) is 11.1 Å². The van der Waals surface area contributed by atoms with Crippen molar-refractivity contribution < 1.29 is 73.5 Å². The molecule has 20 atom stereocenters. The molecule has 596 valence electrons. The van der Waals surface area contributed by atoms with Gasteiger partial charge in [-0.05, 0) is 248 Å². The number of rotatable bonds is 15. The van der Waals surface area contributed by atoms with Gasteiger partial charge in [0.1, 0.15) is 5.82 Å². The molecule has 16 rings (SSSR count). The van der Waals surface area contributed by atoms with Crippen LogP contribution in [0.4, 0.5) is 28.6 Å². The van der Waals surface area contributed by atoms with E-state index in [2.05, 4.69) is 108 Å². The van der Waals surface area contributed by atoms with Crippen molar-refractivity contribution in [1.29, 1.82) is 0 Å². The van der Waals surface area contributed by atoms with E-state index in [0.29, 0.717) is 28.6 Å². The number of nitrogens with one attached hydrogen (secondary N) is 5. The fourth-order valence-corrected chi connectivity index (χ4v) is 21.4. The first-order chi connectivity index (χ1) is 54.1. The Morgan fingerprint density at radius 2 is 0.640 bits per heavy atom. The van der Waals surface area contributed by atoms with Crippen molar-refractivity contribution in [3.05, 3.63) is 231 Å². The molecule has 11 aliphatic carbocycles. The normalized spacial score (nSPS) is 29.2. The summed E-state index contributed by atoms with van der Waals surface area (Å²) in [5.41, 5.74) is 12.8. The average molecular weight is 1850 g/mol. The Morgan fingerprint density at radius 3 is 0.939 bits per heavy atom. The molecule has 11 aliphatic rings. The smallest absolute Gasteiger partial charge is 0.308 e. The maximum absolute atomic E-state index is 12.8. The number of hydrogen-bond donors (Lipinski definition) is 10. The maximum Gasteiger partial charge on any atom is 0.308 e. The number of carboxylic acids is 5. The number of anilines is 5. The fraction of sp³-hybridized carbons (Fsp3) is 0.382. The molecule has 1 heterocycles. The van der Waals surface area contributed by atoms with Gasteiger partial charge in [0.15, 0.2) is 0 Å². The van der Waals surface area contributed by atoms with Crippen LogP contribution in [0.5, 0.6) is 0 Å². The lowest BCUT2D eigenvalue weighted by atomic mass is 9.78. The Balaban J connectivity index is 0.000000132. The number of benzene rings is 4. The quantitative estimate of drug-likeness (QED) is 0.0344. The van der Waals surface area contributed by atoms with Crippen LogP contribution in [0.2, 0.25) is 0 Å². The number of pyridine rings is 1. The van der Waals surface area contributed by atoms with E-state index < -0.39 is 89.0 Å². The zero-order chi connectivity index (χ0) is 82.4. The highest BCUT2D eigenvalue weighted by Crippen LogP contribution is 2.72. The molecule has 114 heavy (non-hydrogen) atoms. The number of halogens is 4. The van der Waals surface area contributed by atoms with Crippen molar-refractivity contribution >= 4 is 158 Å². The number of fused-ring (bicyclic) bond motifs is 8. The number of hydrogen-bond acceptors (Lipinski definition) is 11. The largest absolute Gasteiger partial charge is 0.481 e. The lowest BCUT2D eigenvalue weighted by molar-refractivity contribution is -0.148. The van der Waals surface area contributed by atoms with Crippen LogP contribution >= 0.6 is 70.4 Å². The number of amides is 5. The van der Waals surface area contributed by atoms with Crippen LogP contribution < -0.4 is 26.6 Å². The van der Waals surface area contributed by atoms with E-state index >= 15 is 0 Å². The predicted octanol–water partition coefficient (Wildman–Crippen LogP) is 17.7. The molecule has 20 unspecified atom stereocenters. The monoisotopic (exact) mass is 1850 g/mol. The van der Waals surface area contributed by atoms with Gasteiger partial charge in [-0.25, -0.2) is 4.98 Å². The van der Waals surface area contributed by atoms with Gasteiger partial charge in [-0.1, -0.05) is 147 Å². The molecule has 5 amide bonds. The summed E-state index contributed by atoms with van der Waals surface area (Å²) in [6.45, 7) is 17.9. The summed E-state index contributed by atoms with van der Waals surface area (Å²) in [6, 6.07) is 33.0. The summed E-state index contributed by atoms with van der Waals surface area (Å²) in [4.78, 5) is 126. The predicted molar refractivity (Wildman–Crippen MR) is 453 cm³/mol. The highest BCUT2D eigenvalue weighted by atomic mass is 127. The molecule has 21 nitrogen and oxygen atoms in total. The second-order valence-electron chi connectivity index (χ2n) is 32.2. The van der Waals surface area contributed by atoms with Gasteiger partial charge in [0.05, 0.1) is 59.2 Å². The number of aromatic nitrogens is 1. The lowest BCUT2D eigenvalue weighted by Gasteiger charge is -2.26. The second kappa shape index (κ2) is 34.7. The molecule has 4 aromatic carbocycles. The van der Waals surface area contributed by atoms with Crippen LogP contribution in [0.25, 0.3) is 0 Å². The van der Waals surface area contributed by atoms with Crippen molar-refractivity contribution in [2.75, 3.05) is 26.6 Å². The molecule has 1 aromatic heterocycles. The van der Waals surface area contributed by atoms with E-state index in [1.54, 1.807) is 36.5 Å². The molecule has 7 saturated carbocycles. The summed E-state index contributed by atoms with van der Waals surface area (Å²) in [6.07, 6.45) is 21.4. The SMILES string of the molecule is CC(C)=C1C2C=CC1C(C(=O)Nc1ccc(Br)cc1)C2C(=O)O.CC(C)=C1C2C=CC1C(C(=O)Nc1ccc(Br)cc1)C2C(=O)O.CC(C)=C1C2C=CC1C(C(=O)Nc1ccc(I)cc1)C2C(=O)O.CC(C)=C1C2CCC1C(C(=O)Nc1ccc(Br)cc1)C2C(=O)O.Cc1ccc(NC(=O)C2C(C(=O)O)C3C=CC2C32CC2)nc1. The second-order valence-corrected chi connectivity index (χ2v) is 36.2. The maximum atomic E-state index is 12.8. The van der Waals surface area contributed by atoms with Gasteiger partial charge in [-0.3, -0.25) is 47.9 Å². The third-order valence-corrected chi connectivity index (χ3v) is 27.1. The zero-order valence-electron chi connectivity index (χ0n) is 64.2. The molecule has 25 heteroatoms. The molecule has 10 N–H and O–H groups in total. The van der Waals surface area contributed by atoms with E-state index in [1.807, 2.05) is 184 Å². The van der Waals surface area contributed by atoms with E-state index in [0.717, 1.165) is 81.7 Å². The Hall–Kier alpha value is -9.18. The van der Waals surface area contributed by atoms with Crippen LogP contribution in [-0.2, 0) is 47.9 Å². The molecular formula is C89H92Br3IN6O15. The molecule has 0 saturated heterocycles. The number of nitrogens with zero attached hydrogens (tertiary/aromatic N) is 1. The molecule has 0 aliphatic heterocycles. The van der Waals surface area contributed by atoms with Crippen LogP contribution in [0, 0.1) is 134 Å². The van der Waals surface area contributed by atoms with E-state index in [9.17, 15) is 73.5 Å². The minimum atomic E-state index is -0.906. The Kier molecular flexibility index (Phi) is 25.6. The minimum absolute atomic E-state index is 0.0109. The Bertz CT molecular complexity index is 4620. The summed E-state index contributed by atoms with van der Waals surface area (Å²) in [7, 11) is 0. The van der Waals surface area contributed by atoms with Crippen LogP contribution in [-0.4, -0.2) is 89.9 Å². The lowest BCUT2D eigenvalue weighted by Crippen LogP contribution is -2.37. The molecule has 7 fully saturated rings. The minimum Gasteiger partial charge on any atom is -0.481 e. The number of carbonyl (C=O) groups is 10. The zero-order valence-corrected chi connectivity index (χ0v) is 71.2. The molecule has 5 aromatic rings. The van der Waals surface area contributed by atoms with E-state index in [4.69, 9.17) is 0 Å². The van der Waals surface area contributed by atoms with Gasteiger partial charge < -0.3 is 52.1 Å². The standard InChI is InChI=1S/C18H20BrNO3.2C18H18BrNO3.C18H18INO3.C17H18N2O3/c4*1-9(2)14-12-7-8-13(14)16(18(22)23)15(12)17(21)20-11-5-3-10(19)4-6-11;1-9-2-5-12(18-8-9)19-15(20)13-10-3-4-11(14(13)16(21)22)17(10)6-7-17/h3-6,12-13,15-16H,7-8H2,1-2H3,(H,20,21)(H,22,23);3*3-8,12-13,15-16H,1-2H3,(H,20,21)(H,22,23);2-5,8,10-11,13-14H,6-7H2,1H3,(H,21,22)(H,18,19,20). The van der Waals surface area contributed by atoms with E-state index in [-0.39, 0.29) is 94.1 Å². The number of allylic oxidation sites excluding steroid dienone is 16. The summed E-state index contributed by atoms with van der Waals surface area (Å²) < 4.78 is 3.87. The molecule has 0 radical (unpaired) electrons. The number of aryl methyl sites for hydroxylation is 1. The number of carboxylic acid groups (broad SMARTS) is 5. The summed E-state index contributed by atoms with van der Waals surface area (Å²) >= 11 is 12.3. The Labute approximate surface area is 700 Å². The highest BCUT2D eigenvalue weighted by Gasteiger charge is 2.70. The van der Waals surface area contributed by atoms with Crippen LogP contribution in [0.15, 0.2) is 222 Å². The van der Waals surface area contributed by atoms with Gasteiger partial charge in [0.25, 0.3) is 0 Å². The van der Waals surface area contributed by atoms with Gasteiger partial charge >= 0.3 is 29.8 Å². The van der Waals surface area contributed by atoms with Crippen molar-refractivity contribution in [2.45, 2.75) is 88.0 Å². The van der Waals surface area contributed by atoms with Crippen molar-refractivity contribution in [1.82, 2.24) is 4.98 Å². The molecule has 10 bridgehead atoms. The summed E-state index contributed by atoms with van der Waals surface area (Å²) in [5.74, 6) is -11.6. The molecular weight excluding hydrogens is 1760 g/mol. The van der Waals surface area contributed by atoms with Gasteiger partial charge in [-0.15, -0.1) is 0 Å². The first-order valence-electron chi connectivity index (χ1n) is 38.2. The first kappa shape index (κ1) is 84.2. The third kappa shape index (κ3) is 16.9. The van der Waals surface area contributed by atoms with Gasteiger partial charge in [0.2, 0.25) is 29.5 Å². The van der Waals surface area contributed by atoms with Crippen LogP contribution in [0.3, 0.4) is 0 Å². The highest BCUT2D eigenvalue weighted by molar-refractivity contribution is 14.1. The van der Waals surface area contributed by atoms with Crippen molar-refractivity contribution in [3.63, 3.8) is 0 Å². The third-order valence-electron chi connectivity index (χ3n) is 24.8. The summed E-state index contributed by atoms with van der Waals surface area (Å²) in [5, 5.41) is 62.4.